The highest BCUT2D eigenvalue weighted by Gasteiger charge is 2.17. The summed E-state index contributed by atoms with van der Waals surface area (Å²) in [5.41, 5.74) is 1.31. The van der Waals surface area contributed by atoms with Crippen LogP contribution < -0.4 is 5.32 Å². The Labute approximate surface area is 84.2 Å². The average Bonchev–Trinajstić information content (AvgIpc) is 2.62. The van der Waals surface area contributed by atoms with Gasteiger partial charge in [-0.2, -0.15) is 11.3 Å². The van der Waals surface area contributed by atoms with Crippen molar-refractivity contribution < 1.29 is 0 Å². The van der Waals surface area contributed by atoms with Crippen LogP contribution in [0.15, 0.2) is 16.8 Å². The minimum Gasteiger partial charge on any atom is -0.382 e. The highest BCUT2D eigenvalue weighted by Crippen LogP contribution is 2.26. The lowest BCUT2D eigenvalue weighted by Crippen LogP contribution is -2.24. The Kier molecular flexibility index (Phi) is 2.89. The van der Waals surface area contributed by atoms with Gasteiger partial charge in [0, 0.05) is 17.1 Å². The summed E-state index contributed by atoms with van der Waals surface area (Å²) in [4.78, 5) is 0. The summed E-state index contributed by atoms with van der Waals surface area (Å²) < 4.78 is 0. The van der Waals surface area contributed by atoms with E-state index in [0.29, 0.717) is 0 Å². The Balaban J connectivity index is 1.83. The van der Waals surface area contributed by atoms with Crippen molar-refractivity contribution >= 4 is 17.0 Å². The molecule has 1 aromatic rings. The van der Waals surface area contributed by atoms with Crippen molar-refractivity contribution in [3.05, 3.63) is 16.8 Å². The summed E-state index contributed by atoms with van der Waals surface area (Å²) in [7, 11) is 0. The molecule has 1 aromatic heterocycles. The molecule has 0 radical (unpaired) electrons. The fourth-order valence-corrected chi connectivity index (χ4v) is 2.58. The molecule has 0 saturated heterocycles. The summed E-state index contributed by atoms with van der Waals surface area (Å²) in [5, 5.41) is 7.92. The van der Waals surface area contributed by atoms with E-state index in [2.05, 4.69) is 29.1 Å². The second kappa shape index (κ2) is 4.14. The molecule has 1 nitrogen and oxygen atoms in total. The maximum Gasteiger partial charge on any atom is 0.0450 e. The van der Waals surface area contributed by atoms with E-state index in [1.54, 1.807) is 11.3 Å². The fourth-order valence-electron chi connectivity index (χ4n) is 1.99. The maximum atomic E-state index is 3.59. The van der Waals surface area contributed by atoms with Gasteiger partial charge < -0.3 is 5.32 Å². The van der Waals surface area contributed by atoms with E-state index in [1.165, 1.54) is 31.4 Å². The third kappa shape index (κ3) is 2.47. The van der Waals surface area contributed by atoms with Crippen LogP contribution in [0.4, 0.5) is 5.69 Å². The Bertz CT molecular complexity index is 235. The summed E-state index contributed by atoms with van der Waals surface area (Å²) in [5.74, 6) is 0.945. The van der Waals surface area contributed by atoms with Crippen molar-refractivity contribution in [3.63, 3.8) is 0 Å². The van der Waals surface area contributed by atoms with Gasteiger partial charge in [-0.15, -0.1) is 0 Å². The summed E-state index contributed by atoms with van der Waals surface area (Å²) >= 11 is 1.77. The van der Waals surface area contributed by atoms with E-state index in [4.69, 9.17) is 0 Å². The quantitative estimate of drug-likeness (QED) is 0.758. The third-order valence-corrected chi connectivity index (χ3v) is 3.59. The molecule has 2 rings (SSSR count). The first-order valence-electron chi connectivity index (χ1n) is 5.13. The Morgan fingerprint density at radius 2 is 2.08 bits per heavy atom. The van der Waals surface area contributed by atoms with Crippen molar-refractivity contribution in [2.75, 3.05) is 5.32 Å². The van der Waals surface area contributed by atoms with Crippen molar-refractivity contribution in [2.24, 2.45) is 5.92 Å². The number of thiophene rings is 1. The second-order valence-corrected chi connectivity index (χ2v) is 4.89. The molecule has 0 unspecified atom stereocenters. The van der Waals surface area contributed by atoms with Crippen LogP contribution in [0.5, 0.6) is 0 Å². The number of hydrogen-bond acceptors (Lipinski definition) is 2. The standard InChI is InChI=1S/C11H17NS/c1-9-2-4-10(5-3-9)12-11-6-7-13-8-11/h6-10,12H,2-5H2,1H3. The first-order chi connectivity index (χ1) is 6.34. The van der Waals surface area contributed by atoms with Crippen LogP contribution in [0.3, 0.4) is 0 Å². The van der Waals surface area contributed by atoms with Gasteiger partial charge in [0.15, 0.2) is 0 Å². The van der Waals surface area contributed by atoms with Gasteiger partial charge >= 0.3 is 0 Å². The molecule has 1 N–H and O–H groups in total. The van der Waals surface area contributed by atoms with Crippen LogP contribution in [0, 0.1) is 5.92 Å². The summed E-state index contributed by atoms with van der Waals surface area (Å²) in [6.07, 6.45) is 5.47. The van der Waals surface area contributed by atoms with Gasteiger partial charge in [-0.25, -0.2) is 0 Å². The molecule has 1 saturated carbocycles. The van der Waals surface area contributed by atoms with Gasteiger partial charge in [0.05, 0.1) is 0 Å². The van der Waals surface area contributed by atoms with E-state index in [9.17, 15) is 0 Å². The number of nitrogens with one attached hydrogen (secondary N) is 1. The van der Waals surface area contributed by atoms with E-state index in [0.717, 1.165) is 12.0 Å². The van der Waals surface area contributed by atoms with E-state index >= 15 is 0 Å². The molecule has 72 valence electrons. The van der Waals surface area contributed by atoms with E-state index in [-0.39, 0.29) is 0 Å². The lowest BCUT2D eigenvalue weighted by molar-refractivity contribution is 0.361. The van der Waals surface area contributed by atoms with Crippen LogP contribution in [-0.2, 0) is 0 Å². The van der Waals surface area contributed by atoms with E-state index < -0.39 is 0 Å². The molecule has 1 fully saturated rings. The first kappa shape index (κ1) is 9.07. The normalized spacial score (nSPS) is 28.7. The van der Waals surface area contributed by atoms with Gasteiger partial charge in [0.1, 0.15) is 0 Å². The predicted molar refractivity (Wildman–Crippen MR) is 59.4 cm³/mol. The summed E-state index contributed by atoms with van der Waals surface area (Å²) in [6.45, 7) is 2.36. The Morgan fingerprint density at radius 1 is 1.31 bits per heavy atom. The Morgan fingerprint density at radius 3 is 2.69 bits per heavy atom. The minimum atomic E-state index is 0.728. The van der Waals surface area contributed by atoms with Crippen LogP contribution in [0.25, 0.3) is 0 Å². The zero-order valence-corrected chi connectivity index (χ0v) is 8.94. The van der Waals surface area contributed by atoms with Crippen LogP contribution in [-0.4, -0.2) is 6.04 Å². The smallest absolute Gasteiger partial charge is 0.0450 e. The zero-order chi connectivity index (χ0) is 9.10. The molecule has 1 heterocycles. The largest absolute Gasteiger partial charge is 0.382 e. The molecule has 0 bridgehead atoms. The predicted octanol–water partition coefficient (Wildman–Crippen LogP) is 3.74. The molecule has 2 heteroatoms. The van der Waals surface area contributed by atoms with Crippen LogP contribution in [0.2, 0.25) is 0 Å². The van der Waals surface area contributed by atoms with Crippen molar-refractivity contribution in [3.8, 4) is 0 Å². The lowest BCUT2D eigenvalue weighted by Gasteiger charge is -2.27. The van der Waals surface area contributed by atoms with Gasteiger partial charge in [-0.05, 0) is 43.0 Å². The average molecular weight is 195 g/mol. The van der Waals surface area contributed by atoms with E-state index in [1.807, 2.05) is 0 Å². The molecule has 0 spiro atoms. The van der Waals surface area contributed by atoms with Crippen LogP contribution in [0.1, 0.15) is 32.6 Å². The molecule has 0 aromatic carbocycles. The highest BCUT2D eigenvalue weighted by atomic mass is 32.1. The number of rotatable bonds is 2. The first-order valence-corrected chi connectivity index (χ1v) is 6.07. The minimum absolute atomic E-state index is 0.728. The molecule has 0 amide bonds. The van der Waals surface area contributed by atoms with Crippen molar-refractivity contribution in [2.45, 2.75) is 38.6 Å². The fraction of sp³-hybridized carbons (Fsp3) is 0.636. The molecular weight excluding hydrogens is 178 g/mol. The molecule has 0 aliphatic heterocycles. The van der Waals surface area contributed by atoms with Crippen molar-refractivity contribution in [1.29, 1.82) is 0 Å². The van der Waals surface area contributed by atoms with Gasteiger partial charge in [0.2, 0.25) is 0 Å². The number of anilines is 1. The molecule has 0 atom stereocenters. The SMILES string of the molecule is CC1CCC(Nc2ccsc2)CC1. The zero-order valence-electron chi connectivity index (χ0n) is 8.12. The molecular formula is C11H17NS. The topological polar surface area (TPSA) is 12.0 Å². The molecule has 1 aliphatic rings. The maximum absolute atomic E-state index is 3.59. The van der Waals surface area contributed by atoms with Gasteiger partial charge in [-0.3, -0.25) is 0 Å². The van der Waals surface area contributed by atoms with Gasteiger partial charge in [-0.1, -0.05) is 6.92 Å². The molecule has 1 aliphatic carbocycles. The number of hydrogen-bond donors (Lipinski definition) is 1. The Hall–Kier alpha value is -0.500. The second-order valence-electron chi connectivity index (χ2n) is 4.11. The summed E-state index contributed by atoms with van der Waals surface area (Å²) in [6, 6.07) is 2.90. The van der Waals surface area contributed by atoms with Crippen LogP contribution >= 0.6 is 11.3 Å². The van der Waals surface area contributed by atoms with Gasteiger partial charge in [0.25, 0.3) is 0 Å². The third-order valence-electron chi connectivity index (χ3n) is 2.91. The highest BCUT2D eigenvalue weighted by molar-refractivity contribution is 7.08. The van der Waals surface area contributed by atoms with Crippen molar-refractivity contribution in [1.82, 2.24) is 0 Å². The molecule has 13 heavy (non-hydrogen) atoms. The monoisotopic (exact) mass is 195 g/mol. The lowest BCUT2D eigenvalue weighted by atomic mass is 9.87.